The molecule has 2 rings (SSSR count). The summed E-state index contributed by atoms with van der Waals surface area (Å²) in [5.74, 6) is -0.318. The van der Waals surface area contributed by atoms with Crippen LogP contribution in [0.2, 0.25) is 0 Å². The highest BCUT2D eigenvalue weighted by Gasteiger charge is 2.32. The molecule has 110 valence electrons. The fourth-order valence-electron chi connectivity index (χ4n) is 2.04. The van der Waals surface area contributed by atoms with E-state index in [1.54, 1.807) is 7.05 Å². The molecule has 2 amide bonds. The van der Waals surface area contributed by atoms with Crippen molar-refractivity contribution >= 4 is 37.5 Å². The lowest BCUT2D eigenvalue weighted by atomic mass is 10.2. The summed E-state index contributed by atoms with van der Waals surface area (Å²) in [5.41, 5.74) is 0.434. The molecule has 0 bridgehead atoms. The number of halogens is 2. The summed E-state index contributed by atoms with van der Waals surface area (Å²) >= 11 is 3.16. The number of anilines is 1. The third-order valence-corrected chi connectivity index (χ3v) is 5.66. The van der Waals surface area contributed by atoms with E-state index in [1.807, 2.05) is 0 Å². The lowest BCUT2D eigenvalue weighted by molar-refractivity contribution is 0.209. The summed E-state index contributed by atoms with van der Waals surface area (Å²) in [6.45, 7) is 0. The number of benzene rings is 1. The van der Waals surface area contributed by atoms with Gasteiger partial charge >= 0.3 is 6.03 Å². The van der Waals surface area contributed by atoms with E-state index in [0.29, 0.717) is 16.6 Å². The van der Waals surface area contributed by atoms with Gasteiger partial charge in [0.25, 0.3) is 0 Å². The zero-order chi connectivity index (χ0) is 14.9. The number of urea groups is 1. The highest BCUT2D eigenvalue weighted by atomic mass is 79.9. The maximum absolute atomic E-state index is 13.0. The quantitative estimate of drug-likeness (QED) is 0.874. The molecule has 1 aromatic rings. The van der Waals surface area contributed by atoms with Crippen molar-refractivity contribution in [2.45, 2.75) is 12.5 Å². The highest BCUT2D eigenvalue weighted by Crippen LogP contribution is 2.24. The van der Waals surface area contributed by atoms with Crippen LogP contribution in [0.1, 0.15) is 6.42 Å². The minimum absolute atomic E-state index is 0.0124. The van der Waals surface area contributed by atoms with E-state index in [1.165, 1.54) is 23.1 Å². The first-order valence-electron chi connectivity index (χ1n) is 5.98. The van der Waals surface area contributed by atoms with Gasteiger partial charge in [-0.05, 0) is 40.5 Å². The highest BCUT2D eigenvalue weighted by molar-refractivity contribution is 9.10. The van der Waals surface area contributed by atoms with Gasteiger partial charge in [-0.25, -0.2) is 17.6 Å². The first kappa shape index (κ1) is 15.2. The molecular weight excluding hydrogens is 351 g/mol. The number of rotatable bonds is 2. The Hall–Kier alpha value is -1.15. The SMILES string of the molecule is CN(C(=O)Nc1ccc(F)cc1Br)C1CCS(=O)(=O)C1. The van der Waals surface area contributed by atoms with Crippen molar-refractivity contribution < 1.29 is 17.6 Å². The Morgan fingerprint density at radius 2 is 2.20 bits per heavy atom. The molecule has 1 aromatic carbocycles. The molecule has 1 heterocycles. The molecule has 0 aromatic heterocycles. The van der Waals surface area contributed by atoms with Crippen molar-refractivity contribution in [2.75, 3.05) is 23.9 Å². The Balaban J connectivity index is 2.05. The van der Waals surface area contributed by atoms with Gasteiger partial charge in [0, 0.05) is 17.6 Å². The number of carbonyl (C=O) groups is 1. The second kappa shape index (κ2) is 5.69. The van der Waals surface area contributed by atoms with Gasteiger partial charge in [-0.15, -0.1) is 0 Å². The largest absolute Gasteiger partial charge is 0.324 e. The summed E-state index contributed by atoms with van der Waals surface area (Å²) in [5, 5.41) is 2.62. The van der Waals surface area contributed by atoms with Gasteiger partial charge < -0.3 is 10.2 Å². The predicted molar refractivity (Wildman–Crippen MR) is 77.9 cm³/mol. The maximum atomic E-state index is 13.0. The fraction of sp³-hybridized carbons (Fsp3) is 0.417. The molecule has 8 heteroatoms. The molecule has 0 aliphatic carbocycles. The summed E-state index contributed by atoms with van der Waals surface area (Å²) in [6, 6.07) is 3.19. The van der Waals surface area contributed by atoms with Crippen molar-refractivity contribution in [2.24, 2.45) is 0 Å². The Labute approximate surface area is 125 Å². The van der Waals surface area contributed by atoms with Crippen LogP contribution in [0.15, 0.2) is 22.7 Å². The lowest BCUT2D eigenvalue weighted by Gasteiger charge is -2.24. The number of amides is 2. The second-order valence-electron chi connectivity index (χ2n) is 4.72. The van der Waals surface area contributed by atoms with Crippen molar-refractivity contribution in [3.63, 3.8) is 0 Å². The molecule has 0 radical (unpaired) electrons. The fourth-order valence-corrected chi connectivity index (χ4v) is 4.27. The number of hydrogen-bond donors (Lipinski definition) is 1. The topological polar surface area (TPSA) is 66.5 Å². The molecule has 1 unspecified atom stereocenters. The van der Waals surface area contributed by atoms with Crippen molar-refractivity contribution in [3.05, 3.63) is 28.5 Å². The van der Waals surface area contributed by atoms with Crippen LogP contribution in [0, 0.1) is 5.82 Å². The second-order valence-corrected chi connectivity index (χ2v) is 7.81. The van der Waals surface area contributed by atoms with E-state index in [0.717, 1.165) is 0 Å². The van der Waals surface area contributed by atoms with Gasteiger partial charge in [-0.3, -0.25) is 0 Å². The number of hydrogen-bond acceptors (Lipinski definition) is 3. The van der Waals surface area contributed by atoms with Crippen LogP contribution in [-0.4, -0.2) is 43.9 Å². The molecular formula is C12H14BrFN2O3S. The molecule has 1 fully saturated rings. The van der Waals surface area contributed by atoms with Crippen LogP contribution in [-0.2, 0) is 9.84 Å². The summed E-state index contributed by atoms with van der Waals surface area (Å²) in [4.78, 5) is 13.4. The van der Waals surface area contributed by atoms with Crippen LogP contribution < -0.4 is 5.32 Å². The standard InChI is InChI=1S/C12H14BrFN2O3S/c1-16(9-4-5-20(18,19)7-9)12(17)15-11-3-2-8(14)6-10(11)13/h2-3,6,9H,4-5,7H2,1H3,(H,15,17). The molecule has 1 saturated heterocycles. The number of carbonyl (C=O) groups excluding carboxylic acids is 1. The Bertz CT molecular complexity index is 636. The number of nitrogens with one attached hydrogen (secondary N) is 1. The Morgan fingerprint density at radius 3 is 2.75 bits per heavy atom. The van der Waals surface area contributed by atoms with Gasteiger partial charge in [0.1, 0.15) is 5.82 Å². The van der Waals surface area contributed by atoms with E-state index in [9.17, 15) is 17.6 Å². The van der Waals surface area contributed by atoms with Crippen molar-refractivity contribution in [1.29, 1.82) is 0 Å². The Morgan fingerprint density at radius 1 is 1.50 bits per heavy atom. The minimum atomic E-state index is -3.04. The normalized spacial score (nSPS) is 20.6. The molecule has 20 heavy (non-hydrogen) atoms. The van der Waals surface area contributed by atoms with Crippen LogP contribution in [0.3, 0.4) is 0 Å². The molecule has 1 aliphatic rings. The summed E-state index contributed by atoms with van der Waals surface area (Å²) in [7, 11) is -1.49. The average molecular weight is 365 g/mol. The van der Waals surface area contributed by atoms with E-state index in [-0.39, 0.29) is 17.5 Å². The van der Waals surface area contributed by atoms with E-state index in [2.05, 4.69) is 21.2 Å². The first-order chi connectivity index (χ1) is 9.28. The first-order valence-corrected chi connectivity index (χ1v) is 8.59. The maximum Gasteiger partial charge on any atom is 0.321 e. The zero-order valence-corrected chi connectivity index (χ0v) is 13.2. The van der Waals surface area contributed by atoms with Crippen molar-refractivity contribution in [3.8, 4) is 0 Å². The molecule has 1 aliphatic heterocycles. The van der Waals surface area contributed by atoms with Crippen LogP contribution in [0.5, 0.6) is 0 Å². The van der Waals surface area contributed by atoms with Crippen molar-refractivity contribution in [1.82, 2.24) is 4.90 Å². The summed E-state index contributed by atoms with van der Waals surface area (Å²) in [6.07, 6.45) is 0.441. The van der Waals surface area contributed by atoms with Crippen LogP contribution in [0.25, 0.3) is 0 Å². The van der Waals surface area contributed by atoms with Gasteiger partial charge in [-0.1, -0.05) is 0 Å². The van der Waals surface area contributed by atoms with E-state index in [4.69, 9.17) is 0 Å². The lowest BCUT2D eigenvalue weighted by Crippen LogP contribution is -2.40. The third-order valence-electron chi connectivity index (χ3n) is 3.25. The molecule has 1 N–H and O–H groups in total. The Kier molecular flexibility index (Phi) is 4.33. The molecule has 0 saturated carbocycles. The van der Waals surface area contributed by atoms with Gasteiger partial charge in [0.05, 0.1) is 17.2 Å². The molecule has 1 atom stereocenters. The summed E-state index contributed by atoms with van der Waals surface area (Å²) < 4.78 is 36.2. The smallest absolute Gasteiger partial charge is 0.321 e. The van der Waals surface area contributed by atoms with Gasteiger partial charge in [0.2, 0.25) is 0 Å². The number of nitrogens with zero attached hydrogens (tertiary/aromatic N) is 1. The van der Waals surface area contributed by atoms with Crippen LogP contribution in [0.4, 0.5) is 14.9 Å². The van der Waals surface area contributed by atoms with Gasteiger partial charge in [0.15, 0.2) is 9.84 Å². The van der Waals surface area contributed by atoms with E-state index >= 15 is 0 Å². The minimum Gasteiger partial charge on any atom is -0.324 e. The molecule has 5 nitrogen and oxygen atoms in total. The third kappa shape index (κ3) is 3.49. The number of sulfone groups is 1. The monoisotopic (exact) mass is 364 g/mol. The van der Waals surface area contributed by atoms with Crippen LogP contribution >= 0.6 is 15.9 Å². The van der Waals surface area contributed by atoms with E-state index < -0.39 is 21.7 Å². The van der Waals surface area contributed by atoms with Gasteiger partial charge in [-0.2, -0.15) is 0 Å². The zero-order valence-electron chi connectivity index (χ0n) is 10.8. The average Bonchev–Trinajstić information content (AvgIpc) is 2.72. The molecule has 0 spiro atoms. The predicted octanol–water partition coefficient (Wildman–Crippen LogP) is 2.24.